The molecule has 1 amide bonds. The molecular weight excluding hydrogens is 250 g/mol. The normalized spacial score (nSPS) is 20.6. The largest absolute Gasteiger partial charge is 0.369 e. The molecule has 3 rings (SSSR count). The van der Waals surface area contributed by atoms with Crippen LogP contribution in [0.3, 0.4) is 0 Å². The van der Waals surface area contributed by atoms with E-state index in [4.69, 9.17) is 5.73 Å². The Balaban J connectivity index is 1.76. The van der Waals surface area contributed by atoms with Crippen LogP contribution in [0.25, 0.3) is 0 Å². The molecule has 4 nitrogen and oxygen atoms in total. The highest BCUT2D eigenvalue weighted by Crippen LogP contribution is 2.33. The monoisotopic (exact) mass is 266 g/mol. The van der Waals surface area contributed by atoms with Gasteiger partial charge in [0.05, 0.1) is 11.6 Å². The van der Waals surface area contributed by atoms with E-state index in [1.807, 2.05) is 36.4 Å². The molecule has 0 aliphatic heterocycles. The van der Waals surface area contributed by atoms with Crippen LogP contribution in [-0.2, 0) is 17.8 Å². The Bertz CT molecular complexity index is 612. The molecule has 1 aliphatic rings. The summed E-state index contributed by atoms with van der Waals surface area (Å²) in [5.74, 6) is -0.559. The lowest BCUT2D eigenvalue weighted by molar-refractivity contribution is -0.119. The Morgan fingerprint density at radius 3 is 3.10 bits per heavy atom. The van der Waals surface area contributed by atoms with Crippen molar-refractivity contribution in [3.63, 3.8) is 0 Å². The molecule has 20 heavy (non-hydrogen) atoms. The number of benzene rings is 1. The number of aromatic nitrogens is 1. The van der Waals surface area contributed by atoms with Gasteiger partial charge in [-0.15, -0.1) is 0 Å². The maximum atomic E-state index is 11.7. The SMILES string of the molecule is NC(=O)C1c2cc[c]cc2CC1NCc1ccccn1. The van der Waals surface area contributed by atoms with Crippen LogP contribution < -0.4 is 11.1 Å². The number of primary amides is 1. The van der Waals surface area contributed by atoms with E-state index in [1.54, 1.807) is 6.20 Å². The number of pyridine rings is 1. The highest BCUT2D eigenvalue weighted by Gasteiger charge is 2.35. The molecule has 1 heterocycles. The summed E-state index contributed by atoms with van der Waals surface area (Å²) in [5, 5.41) is 3.40. The zero-order valence-electron chi connectivity index (χ0n) is 11.0. The Morgan fingerprint density at radius 1 is 1.45 bits per heavy atom. The highest BCUT2D eigenvalue weighted by molar-refractivity contribution is 5.84. The third-order valence-electron chi connectivity index (χ3n) is 3.74. The molecule has 4 heteroatoms. The standard InChI is InChI=1S/C16H16N3O/c17-16(20)15-13-7-2-1-5-11(13)9-14(15)19-10-12-6-3-4-8-18-12/h2-8,14-15,19H,9-10H2,(H2,17,20). The highest BCUT2D eigenvalue weighted by atomic mass is 16.1. The van der Waals surface area contributed by atoms with Gasteiger partial charge < -0.3 is 11.1 Å². The Hall–Kier alpha value is -2.20. The number of hydrogen-bond donors (Lipinski definition) is 2. The quantitative estimate of drug-likeness (QED) is 0.872. The number of hydrogen-bond acceptors (Lipinski definition) is 3. The maximum Gasteiger partial charge on any atom is 0.226 e. The minimum Gasteiger partial charge on any atom is -0.369 e. The smallest absolute Gasteiger partial charge is 0.226 e. The second kappa shape index (κ2) is 5.43. The Kier molecular flexibility index (Phi) is 3.48. The molecule has 0 spiro atoms. The van der Waals surface area contributed by atoms with Gasteiger partial charge in [-0.1, -0.05) is 24.3 Å². The molecule has 2 unspecified atom stereocenters. The zero-order chi connectivity index (χ0) is 13.9. The first-order valence-electron chi connectivity index (χ1n) is 6.67. The first kappa shape index (κ1) is 12.8. The van der Waals surface area contributed by atoms with Gasteiger partial charge in [0.25, 0.3) is 0 Å². The van der Waals surface area contributed by atoms with Crippen LogP contribution in [0.15, 0.2) is 42.6 Å². The van der Waals surface area contributed by atoms with Gasteiger partial charge in [0, 0.05) is 18.8 Å². The van der Waals surface area contributed by atoms with Gasteiger partial charge in [0.1, 0.15) is 0 Å². The van der Waals surface area contributed by atoms with Crippen LogP contribution in [0.2, 0.25) is 0 Å². The second-order valence-electron chi connectivity index (χ2n) is 5.02. The van der Waals surface area contributed by atoms with Gasteiger partial charge in [-0.3, -0.25) is 9.78 Å². The average Bonchev–Trinajstić information content (AvgIpc) is 2.84. The van der Waals surface area contributed by atoms with Crippen molar-refractivity contribution >= 4 is 5.91 Å². The van der Waals surface area contributed by atoms with Gasteiger partial charge in [-0.25, -0.2) is 0 Å². The van der Waals surface area contributed by atoms with Crippen LogP contribution in [-0.4, -0.2) is 16.9 Å². The van der Waals surface area contributed by atoms with E-state index in [1.165, 1.54) is 0 Å². The zero-order valence-corrected chi connectivity index (χ0v) is 11.0. The lowest BCUT2D eigenvalue weighted by Crippen LogP contribution is -2.38. The molecule has 0 saturated carbocycles. The molecule has 2 atom stereocenters. The summed E-state index contributed by atoms with van der Waals surface area (Å²) in [5.41, 5.74) is 8.69. The number of nitrogens with zero attached hydrogens (tertiary/aromatic N) is 1. The summed E-state index contributed by atoms with van der Waals surface area (Å²) in [7, 11) is 0. The number of rotatable bonds is 4. The predicted molar refractivity (Wildman–Crippen MR) is 75.8 cm³/mol. The van der Waals surface area contributed by atoms with Crippen molar-refractivity contribution in [2.75, 3.05) is 0 Å². The molecular formula is C16H16N3O. The number of carbonyl (C=O) groups is 1. The van der Waals surface area contributed by atoms with Gasteiger partial charge in [-0.2, -0.15) is 0 Å². The number of nitrogens with one attached hydrogen (secondary N) is 1. The Morgan fingerprint density at radius 2 is 2.35 bits per heavy atom. The first-order chi connectivity index (χ1) is 9.75. The lowest BCUT2D eigenvalue weighted by atomic mass is 9.97. The van der Waals surface area contributed by atoms with Crippen molar-refractivity contribution in [2.45, 2.75) is 24.9 Å². The average molecular weight is 266 g/mol. The number of carbonyl (C=O) groups excluding carboxylic acids is 1. The molecule has 0 fully saturated rings. The van der Waals surface area contributed by atoms with E-state index in [2.05, 4.69) is 16.4 Å². The van der Waals surface area contributed by atoms with Gasteiger partial charge in [0.15, 0.2) is 0 Å². The fourth-order valence-corrected chi connectivity index (χ4v) is 2.81. The van der Waals surface area contributed by atoms with Gasteiger partial charge in [-0.05, 0) is 35.7 Å². The fraction of sp³-hybridized carbons (Fsp3) is 0.250. The molecule has 3 N–H and O–H groups in total. The first-order valence-corrected chi connectivity index (χ1v) is 6.67. The third-order valence-corrected chi connectivity index (χ3v) is 3.74. The number of fused-ring (bicyclic) bond motifs is 1. The van der Waals surface area contributed by atoms with Crippen molar-refractivity contribution in [3.05, 3.63) is 65.5 Å². The topological polar surface area (TPSA) is 68.0 Å². The molecule has 1 radical (unpaired) electrons. The molecule has 101 valence electrons. The predicted octanol–water partition coefficient (Wildman–Crippen LogP) is 1.17. The van der Waals surface area contributed by atoms with Gasteiger partial charge in [0.2, 0.25) is 5.91 Å². The van der Waals surface area contributed by atoms with Crippen LogP contribution in [0.5, 0.6) is 0 Å². The maximum absolute atomic E-state index is 11.7. The molecule has 1 aromatic carbocycles. The van der Waals surface area contributed by atoms with E-state index in [0.29, 0.717) is 6.54 Å². The molecule has 1 aliphatic carbocycles. The van der Waals surface area contributed by atoms with Gasteiger partial charge >= 0.3 is 0 Å². The third kappa shape index (κ3) is 2.42. The number of nitrogens with two attached hydrogens (primary N) is 1. The summed E-state index contributed by atoms with van der Waals surface area (Å²) in [4.78, 5) is 16.0. The van der Waals surface area contributed by atoms with Crippen LogP contribution in [0.4, 0.5) is 0 Å². The minimum atomic E-state index is -0.284. The van der Waals surface area contributed by atoms with E-state index >= 15 is 0 Å². The van der Waals surface area contributed by atoms with Crippen molar-refractivity contribution in [1.29, 1.82) is 0 Å². The summed E-state index contributed by atoms with van der Waals surface area (Å²) in [6.07, 6.45) is 2.56. The van der Waals surface area contributed by atoms with Crippen molar-refractivity contribution < 1.29 is 4.79 Å². The van der Waals surface area contributed by atoms with Crippen LogP contribution in [0.1, 0.15) is 22.7 Å². The summed E-state index contributed by atoms with van der Waals surface area (Å²) >= 11 is 0. The van der Waals surface area contributed by atoms with Crippen molar-refractivity contribution in [1.82, 2.24) is 10.3 Å². The number of amides is 1. The van der Waals surface area contributed by atoms with E-state index in [-0.39, 0.29) is 17.9 Å². The van der Waals surface area contributed by atoms with Crippen molar-refractivity contribution in [2.24, 2.45) is 5.73 Å². The fourth-order valence-electron chi connectivity index (χ4n) is 2.81. The van der Waals surface area contributed by atoms with Crippen LogP contribution >= 0.6 is 0 Å². The molecule has 0 bridgehead atoms. The van der Waals surface area contributed by atoms with E-state index in [0.717, 1.165) is 23.2 Å². The summed E-state index contributed by atoms with van der Waals surface area (Å²) < 4.78 is 0. The van der Waals surface area contributed by atoms with E-state index < -0.39 is 0 Å². The summed E-state index contributed by atoms with van der Waals surface area (Å²) in [6.45, 7) is 0.632. The molecule has 1 aromatic heterocycles. The lowest BCUT2D eigenvalue weighted by Gasteiger charge is -2.18. The second-order valence-corrected chi connectivity index (χ2v) is 5.02. The minimum absolute atomic E-state index is 0.0281. The van der Waals surface area contributed by atoms with Crippen LogP contribution in [0, 0.1) is 6.07 Å². The molecule has 2 aromatic rings. The summed E-state index contributed by atoms with van der Waals surface area (Å²) in [6, 6.07) is 14.6. The molecule has 0 saturated heterocycles. The van der Waals surface area contributed by atoms with Crippen molar-refractivity contribution in [3.8, 4) is 0 Å². The Labute approximate surface area is 118 Å². The van der Waals surface area contributed by atoms with E-state index in [9.17, 15) is 4.79 Å².